The number of amides is 1. The molecule has 1 aromatic carbocycles. The monoisotopic (exact) mass is 311 g/mol. The van der Waals surface area contributed by atoms with Crippen molar-refractivity contribution in [2.24, 2.45) is 0 Å². The van der Waals surface area contributed by atoms with Crippen LogP contribution in [0.25, 0.3) is 0 Å². The van der Waals surface area contributed by atoms with E-state index in [4.69, 9.17) is 4.74 Å². The van der Waals surface area contributed by atoms with Crippen molar-refractivity contribution in [1.29, 1.82) is 0 Å². The van der Waals surface area contributed by atoms with Crippen LogP contribution in [0, 0.1) is 0 Å². The molecule has 1 saturated heterocycles. The number of hydrogen-bond acceptors (Lipinski definition) is 3. The number of carbonyl (C=O) groups excluding carboxylic acids is 1. The summed E-state index contributed by atoms with van der Waals surface area (Å²) in [6.45, 7) is 2.40. The first-order valence-electron chi connectivity index (χ1n) is 8.31. The molecule has 0 radical (unpaired) electrons. The molecule has 0 spiro atoms. The first-order chi connectivity index (χ1) is 11.3. The first kappa shape index (κ1) is 14.3. The number of likely N-dealkylation sites (tertiary alicyclic amines) is 1. The van der Waals surface area contributed by atoms with Crippen LogP contribution in [0.15, 0.2) is 36.7 Å². The minimum Gasteiger partial charge on any atom is -0.493 e. The summed E-state index contributed by atoms with van der Waals surface area (Å²) >= 11 is 0. The number of ether oxygens (including phenoxy) is 1. The molecule has 1 amide bonds. The normalized spacial score (nSPS) is 19.7. The number of aromatic nitrogens is 2. The van der Waals surface area contributed by atoms with Crippen molar-refractivity contribution in [2.45, 2.75) is 38.3 Å². The Morgan fingerprint density at radius 3 is 3.22 bits per heavy atom. The fourth-order valence-corrected chi connectivity index (χ4v) is 3.60. The molecule has 0 bridgehead atoms. The third kappa shape index (κ3) is 2.96. The fraction of sp³-hybridized carbons (Fsp3) is 0.444. The molecule has 23 heavy (non-hydrogen) atoms. The number of carbonyl (C=O) groups is 1. The minimum absolute atomic E-state index is 0.221. The smallest absolute Gasteiger partial charge is 0.227 e. The summed E-state index contributed by atoms with van der Waals surface area (Å²) in [5, 5.41) is 4.26. The van der Waals surface area contributed by atoms with Gasteiger partial charge in [-0.2, -0.15) is 5.10 Å². The van der Waals surface area contributed by atoms with E-state index in [-0.39, 0.29) is 11.9 Å². The van der Waals surface area contributed by atoms with Crippen molar-refractivity contribution < 1.29 is 9.53 Å². The molecule has 5 nitrogen and oxygen atoms in total. The minimum atomic E-state index is 0.221. The molecular formula is C18H21N3O2. The molecule has 5 heteroatoms. The van der Waals surface area contributed by atoms with Crippen molar-refractivity contribution in [2.75, 3.05) is 13.2 Å². The van der Waals surface area contributed by atoms with Gasteiger partial charge in [0.15, 0.2) is 0 Å². The highest BCUT2D eigenvalue weighted by atomic mass is 16.5. The van der Waals surface area contributed by atoms with Crippen LogP contribution in [-0.4, -0.2) is 39.8 Å². The van der Waals surface area contributed by atoms with Crippen LogP contribution in [-0.2, 0) is 24.2 Å². The van der Waals surface area contributed by atoms with Crippen LogP contribution in [0.3, 0.4) is 0 Å². The topological polar surface area (TPSA) is 47.4 Å². The summed E-state index contributed by atoms with van der Waals surface area (Å²) < 4.78 is 7.45. The van der Waals surface area contributed by atoms with Crippen LogP contribution in [0.2, 0.25) is 0 Å². The number of fused-ring (bicyclic) bond motifs is 1. The van der Waals surface area contributed by atoms with E-state index in [9.17, 15) is 4.79 Å². The summed E-state index contributed by atoms with van der Waals surface area (Å²) in [5.41, 5.74) is 2.31. The van der Waals surface area contributed by atoms with Gasteiger partial charge in [0.25, 0.3) is 0 Å². The zero-order valence-corrected chi connectivity index (χ0v) is 13.1. The standard InChI is InChI=1S/C18H21N3O2/c22-18(12-14-4-5-17-15(11-14)6-10-23-17)21-9-1-3-16(21)13-20-8-2-7-19-20/h2,4-5,7-8,11,16H,1,3,6,9-10,12-13H2/t16-/m0/s1. The van der Waals surface area contributed by atoms with E-state index in [0.29, 0.717) is 6.42 Å². The largest absolute Gasteiger partial charge is 0.493 e. The average molecular weight is 311 g/mol. The van der Waals surface area contributed by atoms with Crippen LogP contribution in [0.1, 0.15) is 24.0 Å². The lowest BCUT2D eigenvalue weighted by Gasteiger charge is -2.25. The molecule has 2 aliphatic rings. The molecule has 2 aliphatic heterocycles. The number of nitrogens with zero attached hydrogens (tertiary/aromatic N) is 3. The number of benzene rings is 1. The van der Waals surface area contributed by atoms with Gasteiger partial charge in [0, 0.05) is 25.4 Å². The van der Waals surface area contributed by atoms with Gasteiger partial charge >= 0.3 is 0 Å². The summed E-state index contributed by atoms with van der Waals surface area (Å²) in [6, 6.07) is 8.32. The Morgan fingerprint density at radius 2 is 2.35 bits per heavy atom. The Labute approximate surface area is 135 Å². The molecule has 0 unspecified atom stereocenters. The summed E-state index contributed by atoms with van der Waals surface area (Å²) in [5.74, 6) is 1.19. The lowest BCUT2D eigenvalue weighted by atomic mass is 10.1. The maximum absolute atomic E-state index is 12.7. The summed E-state index contributed by atoms with van der Waals surface area (Å²) in [6.07, 6.45) is 7.31. The Kier molecular flexibility index (Phi) is 3.77. The first-order valence-corrected chi connectivity index (χ1v) is 8.31. The molecule has 120 valence electrons. The highest BCUT2D eigenvalue weighted by molar-refractivity contribution is 5.79. The molecule has 1 aromatic heterocycles. The molecule has 2 aromatic rings. The molecule has 1 fully saturated rings. The number of rotatable bonds is 4. The molecule has 0 N–H and O–H groups in total. The Morgan fingerprint density at radius 1 is 1.39 bits per heavy atom. The number of hydrogen-bond donors (Lipinski definition) is 0. The maximum Gasteiger partial charge on any atom is 0.227 e. The van der Waals surface area contributed by atoms with E-state index in [1.165, 1.54) is 5.56 Å². The van der Waals surface area contributed by atoms with Gasteiger partial charge < -0.3 is 9.64 Å². The molecule has 0 aliphatic carbocycles. The van der Waals surface area contributed by atoms with Crippen molar-refractivity contribution in [3.05, 3.63) is 47.8 Å². The van der Waals surface area contributed by atoms with Gasteiger partial charge in [-0.15, -0.1) is 0 Å². The predicted octanol–water partition coefficient (Wildman–Crippen LogP) is 2.05. The second-order valence-electron chi connectivity index (χ2n) is 6.33. The zero-order chi connectivity index (χ0) is 15.6. The van der Waals surface area contributed by atoms with E-state index < -0.39 is 0 Å². The van der Waals surface area contributed by atoms with Gasteiger partial charge in [-0.05, 0) is 36.1 Å². The van der Waals surface area contributed by atoms with Crippen molar-refractivity contribution in [1.82, 2.24) is 14.7 Å². The third-order valence-corrected chi connectivity index (χ3v) is 4.76. The van der Waals surface area contributed by atoms with Gasteiger partial charge in [0.2, 0.25) is 5.91 Å². The highest BCUT2D eigenvalue weighted by Gasteiger charge is 2.29. The molecule has 1 atom stereocenters. The average Bonchev–Trinajstić information content (AvgIpc) is 3.28. The predicted molar refractivity (Wildman–Crippen MR) is 86.3 cm³/mol. The van der Waals surface area contributed by atoms with Crippen molar-refractivity contribution >= 4 is 5.91 Å². The molecule has 3 heterocycles. The van der Waals surface area contributed by atoms with Crippen molar-refractivity contribution in [3.8, 4) is 5.75 Å². The van der Waals surface area contributed by atoms with Gasteiger partial charge in [0.05, 0.1) is 25.6 Å². The Balaban J connectivity index is 1.43. The lowest BCUT2D eigenvalue weighted by molar-refractivity contribution is -0.131. The highest BCUT2D eigenvalue weighted by Crippen LogP contribution is 2.27. The van der Waals surface area contributed by atoms with E-state index in [1.807, 2.05) is 34.0 Å². The quantitative estimate of drug-likeness (QED) is 0.868. The van der Waals surface area contributed by atoms with Crippen molar-refractivity contribution in [3.63, 3.8) is 0 Å². The molecule has 0 saturated carbocycles. The van der Waals surface area contributed by atoms with Crippen LogP contribution in [0.4, 0.5) is 0 Å². The van der Waals surface area contributed by atoms with E-state index >= 15 is 0 Å². The van der Waals surface area contributed by atoms with Gasteiger partial charge in [0.1, 0.15) is 5.75 Å². The second-order valence-corrected chi connectivity index (χ2v) is 6.33. The summed E-state index contributed by atoms with van der Waals surface area (Å²) in [7, 11) is 0. The van der Waals surface area contributed by atoms with E-state index in [2.05, 4.69) is 11.2 Å². The van der Waals surface area contributed by atoms with Crippen LogP contribution >= 0.6 is 0 Å². The van der Waals surface area contributed by atoms with Crippen LogP contribution < -0.4 is 4.74 Å². The SMILES string of the molecule is O=C(Cc1ccc2c(c1)CCO2)N1CCC[C@H]1Cn1cccn1. The van der Waals surface area contributed by atoms with E-state index in [1.54, 1.807) is 6.20 Å². The van der Waals surface area contributed by atoms with Crippen LogP contribution in [0.5, 0.6) is 5.75 Å². The Hall–Kier alpha value is -2.30. The maximum atomic E-state index is 12.7. The summed E-state index contributed by atoms with van der Waals surface area (Å²) in [4.78, 5) is 14.8. The fourth-order valence-electron chi connectivity index (χ4n) is 3.60. The third-order valence-electron chi connectivity index (χ3n) is 4.76. The molecular weight excluding hydrogens is 290 g/mol. The van der Waals surface area contributed by atoms with Gasteiger partial charge in [-0.25, -0.2) is 0 Å². The lowest BCUT2D eigenvalue weighted by Crippen LogP contribution is -2.39. The molecule has 4 rings (SSSR count). The van der Waals surface area contributed by atoms with Gasteiger partial charge in [-0.1, -0.05) is 12.1 Å². The van der Waals surface area contributed by atoms with Gasteiger partial charge in [-0.3, -0.25) is 9.48 Å². The second kappa shape index (κ2) is 6.07. The zero-order valence-electron chi connectivity index (χ0n) is 13.1. The van der Waals surface area contributed by atoms with E-state index in [0.717, 1.165) is 50.3 Å². The Bertz CT molecular complexity index is 696.